The van der Waals surface area contributed by atoms with Crippen molar-refractivity contribution in [1.82, 2.24) is 4.98 Å². The summed E-state index contributed by atoms with van der Waals surface area (Å²) in [5.74, 6) is -1.45. The fourth-order valence-electron chi connectivity index (χ4n) is 1.35. The number of carboxylic acids is 1. The van der Waals surface area contributed by atoms with Crippen molar-refractivity contribution in [2.24, 2.45) is 0 Å². The highest BCUT2D eigenvalue weighted by molar-refractivity contribution is 5.73. The molecule has 1 heterocycles. The number of aliphatic hydroxyl groups is 2. The van der Waals surface area contributed by atoms with E-state index in [1.807, 2.05) is 0 Å². The Morgan fingerprint density at radius 1 is 1.27 bits per heavy atom. The van der Waals surface area contributed by atoms with E-state index in [1.54, 1.807) is 26.0 Å². The summed E-state index contributed by atoms with van der Waals surface area (Å²) in [6.07, 6.45) is -3.24. The molecular weight excluding hydrogens is 198 g/mol. The van der Waals surface area contributed by atoms with Crippen molar-refractivity contribution in [3.8, 4) is 0 Å². The molecule has 1 aromatic rings. The molecule has 2 unspecified atom stereocenters. The van der Waals surface area contributed by atoms with Crippen LogP contribution in [-0.4, -0.2) is 32.4 Å². The van der Waals surface area contributed by atoms with Crippen molar-refractivity contribution < 1.29 is 20.1 Å². The Morgan fingerprint density at radius 3 is 2.13 bits per heavy atom. The van der Waals surface area contributed by atoms with Gasteiger partial charge in [0, 0.05) is 11.4 Å². The number of hydrogen-bond donors (Lipinski definition) is 3. The fourth-order valence-corrected chi connectivity index (χ4v) is 1.35. The van der Waals surface area contributed by atoms with Gasteiger partial charge in [0.05, 0.1) is 0 Å². The average molecular weight is 211 g/mol. The van der Waals surface area contributed by atoms with Crippen LogP contribution >= 0.6 is 0 Å². The van der Waals surface area contributed by atoms with Crippen molar-refractivity contribution in [2.75, 3.05) is 0 Å². The first-order chi connectivity index (χ1) is 6.91. The van der Waals surface area contributed by atoms with Crippen LogP contribution in [0, 0.1) is 13.8 Å². The number of aliphatic carboxylic acids is 1. The summed E-state index contributed by atoms with van der Waals surface area (Å²) in [5, 5.41) is 27.2. The van der Waals surface area contributed by atoms with Gasteiger partial charge in [-0.05, 0) is 31.5 Å². The molecule has 0 aliphatic carbocycles. The second kappa shape index (κ2) is 4.37. The average Bonchev–Trinajstić information content (AvgIpc) is 2.13. The van der Waals surface area contributed by atoms with E-state index in [-0.39, 0.29) is 0 Å². The van der Waals surface area contributed by atoms with Crippen LogP contribution in [-0.2, 0) is 4.79 Å². The van der Waals surface area contributed by atoms with Crippen LogP contribution in [0.25, 0.3) is 0 Å². The van der Waals surface area contributed by atoms with Gasteiger partial charge in [-0.1, -0.05) is 0 Å². The number of pyridine rings is 1. The molecule has 0 aliphatic rings. The van der Waals surface area contributed by atoms with Gasteiger partial charge >= 0.3 is 5.97 Å². The van der Waals surface area contributed by atoms with E-state index in [1.165, 1.54) is 0 Å². The monoisotopic (exact) mass is 211 g/mol. The largest absolute Gasteiger partial charge is 0.479 e. The molecule has 0 aliphatic heterocycles. The Hall–Kier alpha value is -1.46. The first-order valence-electron chi connectivity index (χ1n) is 4.46. The lowest BCUT2D eigenvalue weighted by atomic mass is 10.0. The van der Waals surface area contributed by atoms with Gasteiger partial charge in [0.1, 0.15) is 6.10 Å². The molecule has 1 aromatic heterocycles. The van der Waals surface area contributed by atoms with Crippen LogP contribution < -0.4 is 0 Å². The molecule has 0 amide bonds. The maximum atomic E-state index is 10.5. The Kier molecular flexibility index (Phi) is 3.39. The molecule has 0 aromatic carbocycles. The topological polar surface area (TPSA) is 90.7 Å². The van der Waals surface area contributed by atoms with Crippen molar-refractivity contribution >= 4 is 5.97 Å². The molecule has 0 saturated heterocycles. The van der Waals surface area contributed by atoms with E-state index in [2.05, 4.69) is 4.98 Å². The second-order valence-corrected chi connectivity index (χ2v) is 3.41. The molecule has 0 fully saturated rings. The summed E-state index contributed by atoms with van der Waals surface area (Å²) in [4.78, 5) is 14.5. The summed E-state index contributed by atoms with van der Waals surface area (Å²) in [6.45, 7) is 3.47. The van der Waals surface area contributed by atoms with Gasteiger partial charge in [-0.2, -0.15) is 0 Å². The third kappa shape index (κ3) is 2.74. The number of aliphatic hydroxyl groups excluding tert-OH is 2. The van der Waals surface area contributed by atoms with Crippen LogP contribution in [0.3, 0.4) is 0 Å². The first kappa shape index (κ1) is 11.6. The maximum Gasteiger partial charge on any atom is 0.335 e. The molecule has 5 heteroatoms. The Balaban J connectivity index is 3.00. The summed E-state index contributed by atoms with van der Waals surface area (Å²) in [6, 6.07) is 3.09. The van der Waals surface area contributed by atoms with Crippen molar-refractivity contribution in [2.45, 2.75) is 26.1 Å². The van der Waals surface area contributed by atoms with Crippen molar-refractivity contribution in [3.05, 3.63) is 29.1 Å². The summed E-state index contributed by atoms with van der Waals surface area (Å²) in [5.41, 5.74) is 1.69. The zero-order valence-electron chi connectivity index (χ0n) is 8.51. The molecule has 2 atom stereocenters. The second-order valence-electron chi connectivity index (χ2n) is 3.41. The Labute approximate surface area is 87.0 Å². The molecule has 0 saturated carbocycles. The minimum Gasteiger partial charge on any atom is -0.479 e. The van der Waals surface area contributed by atoms with E-state index < -0.39 is 18.2 Å². The number of carboxylic acid groups (broad SMARTS) is 1. The van der Waals surface area contributed by atoms with Crippen LogP contribution in [0.2, 0.25) is 0 Å². The minimum absolute atomic E-state index is 0.356. The number of aromatic nitrogens is 1. The predicted molar refractivity (Wildman–Crippen MR) is 52.3 cm³/mol. The van der Waals surface area contributed by atoms with Gasteiger partial charge in [0.2, 0.25) is 0 Å². The normalized spacial score (nSPS) is 14.7. The SMILES string of the molecule is Cc1cc(C(O)C(O)C(=O)O)cc(C)n1. The predicted octanol–water partition coefficient (Wildman–Crippen LogP) is 0.177. The molecule has 82 valence electrons. The van der Waals surface area contributed by atoms with Crippen LogP contribution in [0.15, 0.2) is 12.1 Å². The van der Waals surface area contributed by atoms with Crippen LogP contribution in [0.5, 0.6) is 0 Å². The molecule has 0 bridgehead atoms. The molecule has 15 heavy (non-hydrogen) atoms. The van der Waals surface area contributed by atoms with E-state index in [9.17, 15) is 9.90 Å². The van der Waals surface area contributed by atoms with E-state index in [4.69, 9.17) is 10.2 Å². The van der Waals surface area contributed by atoms with Gasteiger partial charge in [-0.25, -0.2) is 4.79 Å². The van der Waals surface area contributed by atoms with Gasteiger partial charge in [-0.3, -0.25) is 4.98 Å². The van der Waals surface area contributed by atoms with Gasteiger partial charge in [0.25, 0.3) is 0 Å². The molecular formula is C10H13NO4. The maximum absolute atomic E-state index is 10.5. The van der Waals surface area contributed by atoms with E-state index >= 15 is 0 Å². The number of carbonyl (C=O) groups is 1. The lowest BCUT2D eigenvalue weighted by Gasteiger charge is -2.15. The zero-order valence-corrected chi connectivity index (χ0v) is 8.51. The Morgan fingerprint density at radius 2 is 1.73 bits per heavy atom. The van der Waals surface area contributed by atoms with Crippen LogP contribution in [0.4, 0.5) is 0 Å². The highest BCUT2D eigenvalue weighted by atomic mass is 16.4. The van der Waals surface area contributed by atoms with Gasteiger partial charge in [0.15, 0.2) is 6.10 Å². The summed E-state index contributed by atoms with van der Waals surface area (Å²) in [7, 11) is 0. The number of aryl methyl sites for hydroxylation is 2. The fraction of sp³-hybridized carbons (Fsp3) is 0.400. The van der Waals surface area contributed by atoms with Gasteiger partial charge < -0.3 is 15.3 Å². The number of nitrogens with zero attached hydrogens (tertiary/aromatic N) is 1. The Bertz CT molecular complexity index is 357. The highest BCUT2D eigenvalue weighted by Gasteiger charge is 2.25. The van der Waals surface area contributed by atoms with E-state index in [0.29, 0.717) is 17.0 Å². The number of rotatable bonds is 3. The summed E-state index contributed by atoms with van der Waals surface area (Å²) >= 11 is 0. The van der Waals surface area contributed by atoms with Crippen LogP contribution in [0.1, 0.15) is 23.1 Å². The summed E-state index contributed by atoms with van der Waals surface area (Å²) < 4.78 is 0. The lowest BCUT2D eigenvalue weighted by Crippen LogP contribution is -2.27. The highest BCUT2D eigenvalue weighted by Crippen LogP contribution is 2.18. The molecule has 3 N–H and O–H groups in total. The lowest BCUT2D eigenvalue weighted by molar-refractivity contribution is -0.153. The van der Waals surface area contributed by atoms with Crippen molar-refractivity contribution in [3.63, 3.8) is 0 Å². The third-order valence-electron chi connectivity index (χ3n) is 2.00. The smallest absolute Gasteiger partial charge is 0.335 e. The quantitative estimate of drug-likeness (QED) is 0.663. The first-order valence-corrected chi connectivity index (χ1v) is 4.46. The molecule has 0 radical (unpaired) electrons. The minimum atomic E-state index is -1.81. The number of hydrogen-bond acceptors (Lipinski definition) is 4. The van der Waals surface area contributed by atoms with E-state index in [0.717, 1.165) is 0 Å². The third-order valence-corrected chi connectivity index (χ3v) is 2.00. The molecule has 1 rings (SSSR count). The van der Waals surface area contributed by atoms with Crippen molar-refractivity contribution in [1.29, 1.82) is 0 Å². The molecule has 0 spiro atoms. The standard InChI is InChI=1S/C10H13NO4/c1-5-3-7(4-6(2)11-5)8(12)9(13)10(14)15/h3-4,8-9,12-13H,1-2H3,(H,14,15). The van der Waals surface area contributed by atoms with Gasteiger partial charge in [-0.15, -0.1) is 0 Å². The zero-order chi connectivity index (χ0) is 11.6. The molecule has 5 nitrogen and oxygen atoms in total.